The molecule has 1 unspecified atom stereocenters. The molecule has 0 aromatic carbocycles. The molecule has 1 aromatic heterocycles. The van der Waals surface area contributed by atoms with Crippen LogP contribution in [0.1, 0.15) is 41.6 Å². The van der Waals surface area contributed by atoms with E-state index in [-0.39, 0.29) is 17.8 Å². The number of rotatable bonds is 3. The van der Waals surface area contributed by atoms with E-state index in [4.69, 9.17) is 13.9 Å². The highest BCUT2D eigenvalue weighted by molar-refractivity contribution is 5.94. The number of esters is 2. The first kappa shape index (κ1) is 18.0. The molecular weight excluding hydrogens is 332 g/mol. The quantitative estimate of drug-likeness (QED) is 0.609. The van der Waals surface area contributed by atoms with Crippen molar-refractivity contribution in [2.75, 3.05) is 7.11 Å². The number of carbonyl (C=O) groups excluding carboxylic acids is 2. The van der Waals surface area contributed by atoms with Crippen LogP contribution in [0, 0.1) is 5.92 Å². The van der Waals surface area contributed by atoms with Gasteiger partial charge in [-0.1, -0.05) is 36.5 Å². The van der Waals surface area contributed by atoms with Gasteiger partial charge in [0.2, 0.25) is 0 Å². The number of ether oxygens (including phenoxy) is 2. The summed E-state index contributed by atoms with van der Waals surface area (Å²) in [6.07, 6.45) is 5.35. The molecule has 4 bridgehead atoms. The molecule has 3 rings (SSSR count). The molecule has 0 N–H and O–H groups in total. The number of methoxy groups -OCH3 is 1. The number of furan rings is 1. The first-order valence-electron chi connectivity index (χ1n) is 8.44. The number of hydrogen-bond acceptors (Lipinski definition) is 5. The number of fused-ring (bicyclic) bond motifs is 3. The molecule has 0 fully saturated rings. The Bertz CT molecular complexity index is 852. The highest BCUT2D eigenvalue weighted by Gasteiger charge is 2.36. The van der Waals surface area contributed by atoms with Gasteiger partial charge in [-0.05, 0) is 26.0 Å². The predicted molar refractivity (Wildman–Crippen MR) is 96.7 cm³/mol. The summed E-state index contributed by atoms with van der Waals surface area (Å²) < 4.78 is 16.5. The fourth-order valence-corrected chi connectivity index (χ4v) is 3.31. The van der Waals surface area contributed by atoms with Crippen LogP contribution in [0.4, 0.5) is 0 Å². The van der Waals surface area contributed by atoms with Crippen molar-refractivity contribution < 1.29 is 23.5 Å². The third kappa shape index (κ3) is 3.17. The van der Waals surface area contributed by atoms with Crippen LogP contribution in [-0.4, -0.2) is 25.2 Å². The van der Waals surface area contributed by atoms with E-state index in [9.17, 15) is 9.59 Å². The Morgan fingerprint density at radius 3 is 2.62 bits per heavy atom. The van der Waals surface area contributed by atoms with Crippen LogP contribution in [-0.2, 0) is 20.7 Å². The van der Waals surface area contributed by atoms with Crippen LogP contribution in [0.25, 0.3) is 0 Å². The Balaban J connectivity index is 2.18. The van der Waals surface area contributed by atoms with Crippen molar-refractivity contribution >= 4 is 11.9 Å². The molecular formula is C21H22O5. The van der Waals surface area contributed by atoms with Crippen molar-refractivity contribution in [2.24, 2.45) is 5.92 Å². The molecule has 0 amide bonds. The summed E-state index contributed by atoms with van der Waals surface area (Å²) in [5.41, 5.74) is 2.56. The number of hydrogen-bond donors (Lipinski definition) is 0. The van der Waals surface area contributed by atoms with Gasteiger partial charge < -0.3 is 13.9 Å². The van der Waals surface area contributed by atoms with Crippen molar-refractivity contribution in [3.05, 3.63) is 71.3 Å². The standard InChI is InChI=1S/C21H22O5/c1-11(2)13-6-7-14-9-17(26-20(14)22)19(12(3)4)18-10-15(21(23)24-5)16(8-13)25-18/h6-7,9-10,13,17,19H,1,3,8H2,2,4-5H3/b7-6-/t13?,17-,19-/m1/s1. The SMILES string of the molecule is C=C(C)C1/C=C\C2=C[C@@H](OC2=O)[C@@H](C(=C)C)c2cc(C(=O)OC)c(o2)C1. The fraction of sp³-hybridized carbons (Fsp3) is 0.333. The van der Waals surface area contributed by atoms with Gasteiger partial charge >= 0.3 is 11.9 Å². The number of carbonyl (C=O) groups is 2. The van der Waals surface area contributed by atoms with E-state index < -0.39 is 12.1 Å². The van der Waals surface area contributed by atoms with Gasteiger partial charge in [0.15, 0.2) is 0 Å². The second-order valence-corrected chi connectivity index (χ2v) is 6.81. The molecule has 0 aliphatic carbocycles. The summed E-state index contributed by atoms with van der Waals surface area (Å²) in [6.45, 7) is 11.8. The van der Waals surface area contributed by atoms with Gasteiger partial charge in [0.25, 0.3) is 0 Å². The minimum absolute atomic E-state index is 0.0912. The third-order valence-electron chi connectivity index (χ3n) is 4.77. The summed E-state index contributed by atoms with van der Waals surface area (Å²) in [7, 11) is 1.34. The zero-order valence-electron chi connectivity index (χ0n) is 15.2. The molecule has 5 nitrogen and oxygen atoms in total. The largest absolute Gasteiger partial charge is 0.465 e. The Morgan fingerprint density at radius 2 is 2.00 bits per heavy atom. The van der Waals surface area contributed by atoms with Crippen molar-refractivity contribution in [3.8, 4) is 0 Å². The second-order valence-electron chi connectivity index (χ2n) is 6.81. The summed E-state index contributed by atoms with van der Waals surface area (Å²) in [4.78, 5) is 24.4. The van der Waals surface area contributed by atoms with Crippen LogP contribution in [0.5, 0.6) is 0 Å². The Hall–Kier alpha value is -2.82. The molecule has 2 aliphatic heterocycles. The highest BCUT2D eigenvalue weighted by atomic mass is 16.5. The lowest BCUT2D eigenvalue weighted by atomic mass is 9.90. The molecule has 136 valence electrons. The minimum Gasteiger partial charge on any atom is -0.465 e. The topological polar surface area (TPSA) is 65.7 Å². The van der Waals surface area contributed by atoms with Crippen molar-refractivity contribution in [2.45, 2.75) is 32.3 Å². The minimum atomic E-state index is -0.523. The van der Waals surface area contributed by atoms with Crippen molar-refractivity contribution in [3.63, 3.8) is 0 Å². The maximum absolute atomic E-state index is 12.2. The summed E-state index contributed by atoms with van der Waals surface area (Å²) in [5.74, 6) is -0.236. The zero-order chi connectivity index (χ0) is 19.0. The van der Waals surface area contributed by atoms with Crippen LogP contribution >= 0.6 is 0 Å². The van der Waals surface area contributed by atoms with E-state index in [1.807, 2.05) is 19.9 Å². The van der Waals surface area contributed by atoms with E-state index in [1.54, 1.807) is 18.2 Å². The first-order valence-corrected chi connectivity index (χ1v) is 8.44. The Kier molecular flexibility index (Phi) is 4.72. The highest BCUT2D eigenvalue weighted by Crippen LogP contribution is 2.37. The van der Waals surface area contributed by atoms with E-state index in [1.165, 1.54) is 7.11 Å². The molecule has 2 aliphatic rings. The van der Waals surface area contributed by atoms with Gasteiger partial charge in [-0.25, -0.2) is 9.59 Å². The van der Waals surface area contributed by atoms with E-state index >= 15 is 0 Å². The first-order chi connectivity index (χ1) is 12.3. The molecule has 3 heterocycles. The van der Waals surface area contributed by atoms with Gasteiger partial charge in [0.05, 0.1) is 18.6 Å². The van der Waals surface area contributed by atoms with E-state index in [2.05, 4.69) is 13.2 Å². The van der Waals surface area contributed by atoms with Gasteiger partial charge in [0.1, 0.15) is 23.2 Å². The van der Waals surface area contributed by atoms with Gasteiger partial charge in [-0.3, -0.25) is 0 Å². The zero-order valence-corrected chi connectivity index (χ0v) is 15.2. The molecule has 26 heavy (non-hydrogen) atoms. The predicted octanol–water partition coefficient (Wildman–Crippen LogP) is 3.88. The van der Waals surface area contributed by atoms with E-state index in [0.717, 1.165) is 11.1 Å². The second kappa shape index (κ2) is 6.83. The van der Waals surface area contributed by atoms with Crippen LogP contribution in [0.2, 0.25) is 0 Å². The smallest absolute Gasteiger partial charge is 0.341 e. The average Bonchev–Trinajstić information content (AvgIpc) is 3.12. The lowest BCUT2D eigenvalue weighted by Crippen LogP contribution is -2.19. The molecule has 0 radical (unpaired) electrons. The van der Waals surface area contributed by atoms with Gasteiger partial charge in [-0.15, -0.1) is 0 Å². The van der Waals surface area contributed by atoms with Gasteiger partial charge in [0, 0.05) is 12.3 Å². The summed E-state index contributed by atoms with van der Waals surface area (Å²) in [5, 5.41) is 0. The molecule has 1 aromatic rings. The molecule has 0 saturated heterocycles. The van der Waals surface area contributed by atoms with Crippen LogP contribution < -0.4 is 0 Å². The summed E-state index contributed by atoms with van der Waals surface area (Å²) in [6, 6.07) is 1.67. The normalized spacial score (nSPS) is 25.6. The third-order valence-corrected chi connectivity index (χ3v) is 4.77. The molecule has 3 atom stereocenters. The fourth-order valence-electron chi connectivity index (χ4n) is 3.31. The average molecular weight is 354 g/mol. The molecule has 0 spiro atoms. The molecule has 0 saturated carbocycles. The number of allylic oxidation sites excluding steroid dienone is 2. The monoisotopic (exact) mass is 354 g/mol. The Labute approximate surface area is 152 Å². The maximum atomic E-state index is 12.2. The molecule has 5 heteroatoms. The lowest BCUT2D eigenvalue weighted by molar-refractivity contribution is -0.139. The van der Waals surface area contributed by atoms with E-state index in [0.29, 0.717) is 29.1 Å². The van der Waals surface area contributed by atoms with Crippen LogP contribution in [0.15, 0.2) is 58.6 Å². The van der Waals surface area contributed by atoms with Crippen molar-refractivity contribution in [1.82, 2.24) is 0 Å². The Morgan fingerprint density at radius 1 is 1.27 bits per heavy atom. The van der Waals surface area contributed by atoms with Crippen molar-refractivity contribution in [1.29, 1.82) is 0 Å². The summed E-state index contributed by atoms with van der Waals surface area (Å²) >= 11 is 0. The van der Waals surface area contributed by atoms with Crippen LogP contribution in [0.3, 0.4) is 0 Å². The maximum Gasteiger partial charge on any atom is 0.341 e. The lowest BCUT2D eigenvalue weighted by Gasteiger charge is -2.20. The van der Waals surface area contributed by atoms with Gasteiger partial charge in [-0.2, -0.15) is 0 Å².